The van der Waals surface area contributed by atoms with Crippen LogP contribution in [0.5, 0.6) is 0 Å². The van der Waals surface area contributed by atoms with Gasteiger partial charge in [0.05, 0.1) is 6.42 Å². The van der Waals surface area contributed by atoms with Gasteiger partial charge in [-0.05, 0) is 67.2 Å². The number of carbonyl (C=O) groups is 1. The van der Waals surface area contributed by atoms with Crippen LogP contribution in [0.1, 0.15) is 30.9 Å². The number of nitrogen functional groups attached to an aromatic ring is 1. The van der Waals surface area contributed by atoms with E-state index in [1.165, 1.54) is 31.5 Å². The van der Waals surface area contributed by atoms with Gasteiger partial charge < -0.3 is 11.1 Å². The van der Waals surface area contributed by atoms with Crippen LogP contribution in [0.3, 0.4) is 0 Å². The Kier molecular flexibility index (Phi) is 5.71. The molecule has 0 radical (unpaired) electrons. The molecule has 1 amide bonds. The maximum absolute atomic E-state index is 12.1. The van der Waals surface area contributed by atoms with Gasteiger partial charge >= 0.3 is 0 Å². The summed E-state index contributed by atoms with van der Waals surface area (Å²) in [5.41, 5.74) is 9.48. The second kappa shape index (κ2) is 8.17. The van der Waals surface area contributed by atoms with Crippen LogP contribution >= 0.6 is 0 Å². The van der Waals surface area contributed by atoms with Crippen LogP contribution in [-0.4, -0.2) is 23.9 Å². The number of amides is 1. The van der Waals surface area contributed by atoms with Crippen molar-refractivity contribution in [3.8, 4) is 0 Å². The number of likely N-dealkylation sites (tertiary alicyclic amines) is 1. The molecule has 3 rings (SSSR count). The largest absolute Gasteiger partial charge is 0.399 e. The van der Waals surface area contributed by atoms with Crippen molar-refractivity contribution < 1.29 is 4.79 Å². The first-order valence-corrected chi connectivity index (χ1v) is 9.04. The van der Waals surface area contributed by atoms with Crippen molar-refractivity contribution in [2.75, 3.05) is 24.1 Å². The zero-order chi connectivity index (χ0) is 17.6. The molecule has 0 saturated carbocycles. The summed E-state index contributed by atoms with van der Waals surface area (Å²) in [6, 6.07) is 15.6. The van der Waals surface area contributed by atoms with E-state index in [4.69, 9.17) is 5.73 Å². The van der Waals surface area contributed by atoms with Gasteiger partial charge in [-0.25, -0.2) is 0 Å². The van der Waals surface area contributed by atoms with Crippen LogP contribution in [-0.2, 0) is 17.8 Å². The van der Waals surface area contributed by atoms with E-state index in [1.54, 1.807) is 0 Å². The lowest BCUT2D eigenvalue weighted by molar-refractivity contribution is -0.115. The molecule has 0 aliphatic carbocycles. The lowest BCUT2D eigenvalue weighted by Gasteiger charge is -2.30. The number of nitrogens with two attached hydrogens (primary N) is 1. The maximum atomic E-state index is 12.1. The number of hydrogen-bond donors (Lipinski definition) is 2. The predicted molar refractivity (Wildman–Crippen MR) is 103 cm³/mol. The van der Waals surface area contributed by atoms with Gasteiger partial charge in [0.25, 0.3) is 0 Å². The number of benzene rings is 2. The first-order valence-electron chi connectivity index (χ1n) is 9.04. The molecule has 3 N–H and O–H groups in total. The molecule has 4 nitrogen and oxygen atoms in total. The Morgan fingerprint density at radius 1 is 1.04 bits per heavy atom. The summed E-state index contributed by atoms with van der Waals surface area (Å²) in [6.45, 7) is 5.69. The summed E-state index contributed by atoms with van der Waals surface area (Å²) in [5, 5.41) is 2.96. The van der Waals surface area contributed by atoms with E-state index in [-0.39, 0.29) is 5.91 Å². The minimum atomic E-state index is -0.0115. The highest BCUT2D eigenvalue weighted by Gasteiger charge is 2.15. The molecule has 4 heteroatoms. The number of anilines is 2. The summed E-state index contributed by atoms with van der Waals surface area (Å²) < 4.78 is 0. The lowest BCUT2D eigenvalue weighted by atomic mass is 9.99. The summed E-state index contributed by atoms with van der Waals surface area (Å²) >= 11 is 0. The normalized spacial score (nSPS) is 15.9. The first kappa shape index (κ1) is 17.5. The number of carbonyl (C=O) groups excluding carboxylic acids is 1. The van der Waals surface area contributed by atoms with Crippen LogP contribution in [0, 0.1) is 5.92 Å². The quantitative estimate of drug-likeness (QED) is 0.818. The van der Waals surface area contributed by atoms with Gasteiger partial charge in [0.1, 0.15) is 0 Å². The number of rotatable bonds is 5. The third-order valence-electron chi connectivity index (χ3n) is 4.86. The summed E-state index contributed by atoms with van der Waals surface area (Å²) in [6.07, 6.45) is 2.94. The molecule has 0 aromatic heterocycles. The molecule has 1 heterocycles. The molecule has 2 aromatic carbocycles. The van der Waals surface area contributed by atoms with E-state index in [0.29, 0.717) is 12.1 Å². The van der Waals surface area contributed by atoms with Crippen molar-refractivity contribution in [1.29, 1.82) is 0 Å². The fourth-order valence-electron chi connectivity index (χ4n) is 3.20. The topological polar surface area (TPSA) is 58.4 Å². The molecule has 132 valence electrons. The molecule has 25 heavy (non-hydrogen) atoms. The van der Waals surface area contributed by atoms with E-state index in [9.17, 15) is 4.79 Å². The van der Waals surface area contributed by atoms with E-state index in [1.807, 2.05) is 36.4 Å². The third-order valence-corrected chi connectivity index (χ3v) is 4.86. The van der Waals surface area contributed by atoms with Gasteiger partial charge in [-0.1, -0.05) is 31.2 Å². The summed E-state index contributed by atoms with van der Waals surface area (Å²) in [7, 11) is 0. The SMILES string of the molecule is CC1CCN(Cc2ccc(NC(=O)Cc3ccc(N)cc3)cc2)CC1. The van der Waals surface area contributed by atoms with E-state index in [2.05, 4.69) is 29.3 Å². The van der Waals surface area contributed by atoms with Gasteiger partial charge in [0.2, 0.25) is 5.91 Å². The van der Waals surface area contributed by atoms with Crippen molar-refractivity contribution in [3.05, 3.63) is 59.7 Å². The Labute approximate surface area is 150 Å². The fraction of sp³-hybridized carbons (Fsp3) is 0.381. The van der Waals surface area contributed by atoms with Gasteiger partial charge in [-0.2, -0.15) is 0 Å². The zero-order valence-corrected chi connectivity index (χ0v) is 14.9. The van der Waals surface area contributed by atoms with Crippen LogP contribution in [0.4, 0.5) is 11.4 Å². The van der Waals surface area contributed by atoms with Gasteiger partial charge in [0.15, 0.2) is 0 Å². The van der Waals surface area contributed by atoms with E-state index >= 15 is 0 Å². The monoisotopic (exact) mass is 337 g/mol. The molecule has 1 aliphatic heterocycles. The molecule has 0 unspecified atom stereocenters. The van der Waals surface area contributed by atoms with Gasteiger partial charge in [0, 0.05) is 17.9 Å². The highest BCUT2D eigenvalue weighted by atomic mass is 16.1. The Morgan fingerprint density at radius 2 is 1.64 bits per heavy atom. The molecule has 2 aromatic rings. The van der Waals surface area contributed by atoms with E-state index in [0.717, 1.165) is 23.7 Å². The Balaban J connectivity index is 1.50. The summed E-state index contributed by atoms with van der Waals surface area (Å²) in [5.74, 6) is 0.845. The van der Waals surface area contributed by atoms with Crippen LogP contribution < -0.4 is 11.1 Å². The van der Waals surface area contributed by atoms with Gasteiger partial charge in [-0.3, -0.25) is 9.69 Å². The first-order chi connectivity index (χ1) is 12.1. The molecular weight excluding hydrogens is 310 g/mol. The Bertz CT molecular complexity index is 686. The van der Waals surface area contributed by atoms with Crippen molar-refractivity contribution in [2.45, 2.75) is 32.7 Å². The van der Waals surface area contributed by atoms with Crippen LogP contribution in [0.2, 0.25) is 0 Å². The maximum Gasteiger partial charge on any atom is 0.228 e. The number of hydrogen-bond acceptors (Lipinski definition) is 3. The minimum Gasteiger partial charge on any atom is -0.399 e. The molecular formula is C21H27N3O. The Hall–Kier alpha value is -2.33. The second-order valence-corrected chi connectivity index (χ2v) is 7.12. The fourth-order valence-corrected chi connectivity index (χ4v) is 3.20. The smallest absolute Gasteiger partial charge is 0.228 e. The van der Waals surface area contributed by atoms with E-state index < -0.39 is 0 Å². The second-order valence-electron chi connectivity index (χ2n) is 7.12. The highest BCUT2D eigenvalue weighted by molar-refractivity contribution is 5.92. The standard InChI is InChI=1S/C21H27N3O/c1-16-10-12-24(13-11-16)15-18-4-8-20(9-5-18)23-21(25)14-17-2-6-19(22)7-3-17/h2-9,16H,10-15,22H2,1H3,(H,23,25). The van der Waals surface area contributed by atoms with Crippen LogP contribution in [0.15, 0.2) is 48.5 Å². The highest BCUT2D eigenvalue weighted by Crippen LogP contribution is 2.19. The number of nitrogens with one attached hydrogen (secondary N) is 1. The predicted octanol–water partition coefficient (Wildman–Crippen LogP) is 3.68. The molecule has 1 saturated heterocycles. The molecule has 1 fully saturated rings. The molecule has 0 spiro atoms. The molecule has 0 atom stereocenters. The number of piperidine rings is 1. The molecule has 0 bridgehead atoms. The zero-order valence-electron chi connectivity index (χ0n) is 14.9. The van der Waals surface area contributed by atoms with Crippen molar-refractivity contribution in [2.24, 2.45) is 5.92 Å². The van der Waals surface area contributed by atoms with Crippen molar-refractivity contribution in [3.63, 3.8) is 0 Å². The minimum absolute atomic E-state index is 0.0115. The Morgan fingerprint density at radius 3 is 2.28 bits per heavy atom. The lowest BCUT2D eigenvalue weighted by Crippen LogP contribution is -2.32. The molecule has 1 aliphatic rings. The van der Waals surface area contributed by atoms with Crippen molar-refractivity contribution >= 4 is 17.3 Å². The van der Waals surface area contributed by atoms with Crippen molar-refractivity contribution in [1.82, 2.24) is 4.90 Å². The average molecular weight is 337 g/mol. The van der Waals surface area contributed by atoms with Gasteiger partial charge in [-0.15, -0.1) is 0 Å². The average Bonchev–Trinajstić information content (AvgIpc) is 2.61. The number of nitrogens with zero attached hydrogens (tertiary/aromatic N) is 1. The third kappa shape index (κ3) is 5.33. The van der Waals surface area contributed by atoms with Crippen LogP contribution in [0.25, 0.3) is 0 Å². The summed E-state index contributed by atoms with van der Waals surface area (Å²) in [4.78, 5) is 14.7.